The highest BCUT2D eigenvalue weighted by Crippen LogP contribution is 2.31. The second-order valence-corrected chi connectivity index (χ2v) is 6.85. The van der Waals surface area contributed by atoms with E-state index in [1.54, 1.807) is 0 Å². The number of carbonyl (C=O) groups is 1. The molecule has 2 rings (SSSR count). The SMILES string of the molecule is CO[C@@H](C)C(O)(C(=O)OCC1=CCN2CC[C@H](O)[C@@H]12)C(C)(C)O. The van der Waals surface area contributed by atoms with Crippen molar-refractivity contribution in [1.82, 2.24) is 4.90 Å². The molecule has 0 aromatic rings. The van der Waals surface area contributed by atoms with Crippen LogP contribution < -0.4 is 0 Å². The van der Waals surface area contributed by atoms with Crippen molar-refractivity contribution >= 4 is 5.97 Å². The van der Waals surface area contributed by atoms with Crippen molar-refractivity contribution in [2.45, 2.75) is 56.6 Å². The lowest BCUT2D eigenvalue weighted by atomic mass is 9.81. The van der Waals surface area contributed by atoms with Crippen molar-refractivity contribution < 1.29 is 29.6 Å². The standard InChI is InChI=1S/C16H27NO6/c1-10(22-4)16(21,15(2,3)20)14(19)23-9-11-5-7-17-8-6-12(18)13(11)17/h5,10,12-13,18,20-21H,6-9H2,1-4H3/t10-,12-,13+,16?/m0/s1. The molecule has 0 aliphatic carbocycles. The number of ether oxygens (including phenoxy) is 2. The molecule has 0 aromatic heterocycles. The minimum absolute atomic E-state index is 0.0219. The number of carbonyl (C=O) groups excluding carboxylic acids is 1. The number of rotatable bonds is 6. The minimum Gasteiger partial charge on any atom is -0.459 e. The van der Waals surface area contributed by atoms with Gasteiger partial charge in [0.1, 0.15) is 12.2 Å². The Bertz CT molecular complexity index is 485. The maximum absolute atomic E-state index is 12.4. The molecule has 23 heavy (non-hydrogen) atoms. The normalized spacial score (nSPS) is 28.9. The zero-order valence-electron chi connectivity index (χ0n) is 14.2. The summed E-state index contributed by atoms with van der Waals surface area (Å²) in [5.41, 5.74) is -3.09. The summed E-state index contributed by atoms with van der Waals surface area (Å²) in [6.07, 6.45) is 1.22. The van der Waals surface area contributed by atoms with Gasteiger partial charge in [-0.25, -0.2) is 4.79 Å². The lowest BCUT2D eigenvalue weighted by Crippen LogP contribution is -2.63. The summed E-state index contributed by atoms with van der Waals surface area (Å²) >= 11 is 0. The second kappa shape index (κ2) is 6.49. The number of nitrogens with zero attached hydrogens (tertiary/aromatic N) is 1. The summed E-state index contributed by atoms with van der Waals surface area (Å²) in [5.74, 6) is -0.939. The predicted molar refractivity (Wildman–Crippen MR) is 82.7 cm³/mol. The third-order valence-corrected chi connectivity index (χ3v) is 4.99. The van der Waals surface area contributed by atoms with Crippen molar-refractivity contribution in [2.24, 2.45) is 0 Å². The zero-order chi connectivity index (χ0) is 17.4. The molecule has 1 fully saturated rings. The Hall–Kier alpha value is -0.990. The first-order chi connectivity index (χ1) is 10.6. The van der Waals surface area contributed by atoms with Crippen molar-refractivity contribution in [1.29, 1.82) is 0 Å². The molecule has 4 atom stereocenters. The van der Waals surface area contributed by atoms with Gasteiger partial charge in [-0.2, -0.15) is 0 Å². The van der Waals surface area contributed by atoms with E-state index in [0.717, 1.165) is 18.7 Å². The van der Waals surface area contributed by atoms with Crippen LogP contribution >= 0.6 is 0 Å². The van der Waals surface area contributed by atoms with Crippen LogP contribution in [0, 0.1) is 0 Å². The van der Waals surface area contributed by atoms with E-state index in [1.165, 1.54) is 27.9 Å². The molecular weight excluding hydrogens is 302 g/mol. The molecule has 7 nitrogen and oxygen atoms in total. The fourth-order valence-electron chi connectivity index (χ4n) is 3.37. The molecule has 1 unspecified atom stereocenters. The average Bonchev–Trinajstić information content (AvgIpc) is 3.05. The van der Waals surface area contributed by atoms with Gasteiger partial charge in [0.05, 0.1) is 18.2 Å². The Balaban J connectivity index is 2.06. The Morgan fingerprint density at radius 3 is 2.70 bits per heavy atom. The van der Waals surface area contributed by atoms with Crippen LogP contribution in [0.4, 0.5) is 0 Å². The van der Waals surface area contributed by atoms with Gasteiger partial charge in [-0.3, -0.25) is 4.90 Å². The molecular formula is C16H27NO6. The van der Waals surface area contributed by atoms with Gasteiger partial charge < -0.3 is 24.8 Å². The lowest BCUT2D eigenvalue weighted by Gasteiger charge is -2.40. The van der Waals surface area contributed by atoms with Gasteiger partial charge in [0, 0.05) is 20.2 Å². The molecule has 3 N–H and O–H groups in total. The number of esters is 1. The average molecular weight is 329 g/mol. The molecule has 2 aliphatic heterocycles. The summed E-state index contributed by atoms with van der Waals surface area (Å²) in [5, 5.41) is 30.9. The van der Waals surface area contributed by atoms with Crippen LogP contribution in [0.15, 0.2) is 11.6 Å². The Labute approximate surface area is 136 Å². The van der Waals surface area contributed by atoms with Crippen LogP contribution in [-0.2, 0) is 14.3 Å². The van der Waals surface area contributed by atoms with E-state index in [-0.39, 0.29) is 12.6 Å². The van der Waals surface area contributed by atoms with E-state index in [0.29, 0.717) is 6.42 Å². The molecule has 0 amide bonds. The predicted octanol–water partition coefficient (Wildman–Crippen LogP) is -0.558. The minimum atomic E-state index is -2.19. The van der Waals surface area contributed by atoms with Gasteiger partial charge in [0.2, 0.25) is 5.60 Å². The number of aliphatic hydroxyl groups is 3. The highest BCUT2D eigenvalue weighted by molar-refractivity contribution is 5.82. The summed E-state index contributed by atoms with van der Waals surface area (Å²) in [7, 11) is 1.35. The molecule has 7 heteroatoms. The summed E-state index contributed by atoms with van der Waals surface area (Å²) < 4.78 is 10.3. The van der Waals surface area contributed by atoms with E-state index in [2.05, 4.69) is 4.90 Å². The molecule has 0 bridgehead atoms. The highest BCUT2D eigenvalue weighted by atomic mass is 16.6. The number of hydrogen-bond acceptors (Lipinski definition) is 7. The number of fused-ring (bicyclic) bond motifs is 1. The molecule has 0 radical (unpaired) electrons. The van der Waals surface area contributed by atoms with Crippen LogP contribution in [0.3, 0.4) is 0 Å². The molecule has 2 aliphatic rings. The van der Waals surface area contributed by atoms with E-state index >= 15 is 0 Å². The fraction of sp³-hybridized carbons (Fsp3) is 0.812. The van der Waals surface area contributed by atoms with Crippen molar-refractivity contribution in [3.8, 4) is 0 Å². The topological polar surface area (TPSA) is 99.5 Å². The summed E-state index contributed by atoms with van der Waals surface area (Å²) in [6.45, 7) is 5.68. The number of aliphatic hydroxyl groups excluding tert-OH is 1. The van der Waals surface area contributed by atoms with Crippen LogP contribution in [0.1, 0.15) is 27.2 Å². The fourth-order valence-corrected chi connectivity index (χ4v) is 3.37. The van der Waals surface area contributed by atoms with Crippen LogP contribution in [0.25, 0.3) is 0 Å². The van der Waals surface area contributed by atoms with E-state index in [1.807, 2.05) is 6.08 Å². The summed E-state index contributed by atoms with van der Waals surface area (Å²) in [6, 6.07) is -0.127. The first-order valence-electron chi connectivity index (χ1n) is 7.88. The molecule has 0 saturated carbocycles. The molecule has 2 heterocycles. The maximum Gasteiger partial charge on any atom is 0.344 e. The highest BCUT2D eigenvalue weighted by Gasteiger charge is 2.55. The van der Waals surface area contributed by atoms with Crippen molar-refractivity contribution in [2.75, 3.05) is 26.8 Å². The lowest BCUT2D eigenvalue weighted by molar-refractivity contribution is -0.216. The van der Waals surface area contributed by atoms with Crippen molar-refractivity contribution in [3.05, 3.63) is 11.6 Å². The van der Waals surface area contributed by atoms with Gasteiger partial charge >= 0.3 is 5.97 Å². The van der Waals surface area contributed by atoms with Crippen LogP contribution in [-0.4, -0.2) is 82.4 Å². The van der Waals surface area contributed by atoms with Gasteiger partial charge in [-0.15, -0.1) is 0 Å². The monoisotopic (exact) mass is 329 g/mol. The summed E-state index contributed by atoms with van der Waals surface area (Å²) in [4.78, 5) is 14.5. The van der Waals surface area contributed by atoms with E-state index < -0.39 is 29.4 Å². The van der Waals surface area contributed by atoms with Crippen LogP contribution in [0.2, 0.25) is 0 Å². The van der Waals surface area contributed by atoms with Gasteiger partial charge in [-0.1, -0.05) is 6.08 Å². The third-order valence-electron chi connectivity index (χ3n) is 4.99. The second-order valence-electron chi connectivity index (χ2n) is 6.85. The Morgan fingerprint density at radius 1 is 1.48 bits per heavy atom. The first-order valence-corrected chi connectivity index (χ1v) is 7.88. The molecule has 0 aromatic carbocycles. The quantitative estimate of drug-likeness (QED) is 0.444. The number of methoxy groups -OCH3 is 1. The molecule has 1 saturated heterocycles. The smallest absolute Gasteiger partial charge is 0.344 e. The Kier molecular flexibility index (Phi) is 5.18. The van der Waals surface area contributed by atoms with E-state index in [9.17, 15) is 20.1 Å². The molecule has 132 valence electrons. The van der Waals surface area contributed by atoms with Crippen LogP contribution in [0.5, 0.6) is 0 Å². The van der Waals surface area contributed by atoms with Gasteiger partial charge in [0.25, 0.3) is 0 Å². The largest absolute Gasteiger partial charge is 0.459 e. The van der Waals surface area contributed by atoms with Gasteiger partial charge in [-0.05, 0) is 32.8 Å². The zero-order valence-corrected chi connectivity index (χ0v) is 14.2. The third kappa shape index (κ3) is 3.16. The van der Waals surface area contributed by atoms with Crippen molar-refractivity contribution in [3.63, 3.8) is 0 Å². The Morgan fingerprint density at radius 2 is 2.13 bits per heavy atom. The molecule has 0 spiro atoms. The maximum atomic E-state index is 12.4. The van der Waals surface area contributed by atoms with E-state index in [4.69, 9.17) is 9.47 Å². The first kappa shape index (κ1) is 18.4. The number of hydrogen-bond donors (Lipinski definition) is 3. The van der Waals surface area contributed by atoms with Gasteiger partial charge in [0.15, 0.2) is 0 Å².